The highest BCUT2D eigenvalue weighted by Crippen LogP contribution is 2.20. The van der Waals surface area contributed by atoms with Gasteiger partial charge < -0.3 is 15.5 Å². The maximum atomic E-state index is 8.93. The lowest BCUT2D eigenvalue weighted by Crippen LogP contribution is -2.14. The molecule has 0 spiro atoms. The summed E-state index contributed by atoms with van der Waals surface area (Å²) in [6, 6.07) is 15.1. The van der Waals surface area contributed by atoms with Crippen LogP contribution in [0.4, 0.5) is 0 Å². The molecule has 3 N–H and O–H groups in total. The minimum absolute atomic E-state index is 0.230. The van der Waals surface area contributed by atoms with Gasteiger partial charge in [0.2, 0.25) is 0 Å². The molecule has 0 aliphatic rings. The van der Waals surface area contributed by atoms with Gasteiger partial charge in [-0.1, -0.05) is 12.1 Å². The highest BCUT2D eigenvalue weighted by Gasteiger charge is 2.12. The number of ether oxygens (including phenoxy) is 1. The van der Waals surface area contributed by atoms with Crippen molar-refractivity contribution in [1.29, 1.82) is 5.26 Å². The second kappa shape index (κ2) is 5.88. The van der Waals surface area contributed by atoms with Crippen LogP contribution in [0.3, 0.4) is 0 Å². The van der Waals surface area contributed by atoms with E-state index in [1.54, 1.807) is 19.2 Å². The lowest BCUT2D eigenvalue weighted by Gasteiger charge is -2.09. The van der Waals surface area contributed by atoms with Crippen LogP contribution < -0.4 is 10.5 Å². The summed E-state index contributed by atoms with van der Waals surface area (Å²) in [6.07, 6.45) is 0.676. The van der Waals surface area contributed by atoms with Gasteiger partial charge in [-0.15, -0.1) is 0 Å². The monoisotopic (exact) mass is 292 g/mol. The molecule has 5 nitrogen and oxygen atoms in total. The Kier molecular flexibility index (Phi) is 3.77. The molecule has 0 unspecified atom stereocenters. The normalized spacial score (nSPS) is 12.0. The zero-order valence-electron chi connectivity index (χ0n) is 12.2. The third-order valence-electron chi connectivity index (χ3n) is 3.60. The third-order valence-corrected chi connectivity index (χ3v) is 3.60. The molecule has 0 aliphatic heterocycles. The van der Waals surface area contributed by atoms with E-state index in [1.807, 2.05) is 30.3 Å². The Morgan fingerprint density at radius 1 is 1.27 bits per heavy atom. The maximum absolute atomic E-state index is 8.93. The van der Waals surface area contributed by atoms with Crippen molar-refractivity contribution < 1.29 is 4.74 Å². The van der Waals surface area contributed by atoms with Gasteiger partial charge in [-0.2, -0.15) is 5.26 Å². The Balaban J connectivity index is 1.82. The number of hydrogen-bond acceptors (Lipinski definition) is 4. The minimum Gasteiger partial charge on any atom is -0.497 e. The van der Waals surface area contributed by atoms with E-state index in [0.717, 1.165) is 28.2 Å². The number of imidazole rings is 1. The summed E-state index contributed by atoms with van der Waals surface area (Å²) in [5.41, 5.74) is 9.61. The fourth-order valence-electron chi connectivity index (χ4n) is 2.39. The van der Waals surface area contributed by atoms with Crippen LogP contribution in [-0.4, -0.2) is 17.1 Å². The Bertz CT molecular complexity index is 830. The van der Waals surface area contributed by atoms with Crippen LogP contribution >= 0.6 is 0 Å². The quantitative estimate of drug-likeness (QED) is 0.774. The molecule has 1 atom stereocenters. The molecule has 2 aromatic carbocycles. The van der Waals surface area contributed by atoms with Crippen LogP contribution in [0.5, 0.6) is 5.75 Å². The van der Waals surface area contributed by atoms with E-state index in [0.29, 0.717) is 12.0 Å². The molecule has 0 amide bonds. The standard InChI is InChI=1S/C17H16N4O/c1-22-13-5-2-11(3-6-13)8-14(19)17-20-15-7-4-12(10-18)9-16(15)21-17/h2-7,9,14H,8,19H2,1H3,(H,20,21)/t14-/m1/s1. The first kappa shape index (κ1) is 14.1. The maximum Gasteiger partial charge on any atom is 0.124 e. The van der Waals surface area contributed by atoms with Crippen LogP contribution in [0.1, 0.15) is 23.0 Å². The third kappa shape index (κ3) is 2.78. The smallest absolute Gasteiger partial charge is 0.124 e. The summed E-state index contributed by atoms with van der Waals surface area (Å²) in [6.45, 7) is 0. The minimum atomic E-state index is -0.230. The first-order chi connectivity index (χ1) is 10.7. The molecule has 110 valence electrons. The van der Waals surface area contributed by atoms with Gasteiger partial charge in [-0.3, -0.25) is 0 Å². The number of methoxy groups -OCH3 is 1. The lowest BCUT2D eigenvalue weighted by molar-refractivity contribution is 0.414. The summed E-state index contributed by atoms with van der Waals surface area (Å²) in [7, 11) is 1.64. The number of nitrogens with zero attached hydrogens (tertiary/aromatic N) is 2. The average molecular weight is 292 g/mol. The number of H-pyrrole nitrogens is 1. The van der Waals surface area contributed by atoms with Gasteiger partial charge in [0.15, 0.2) is 0 Å². The van der Waals surface area contributed by atoms with E-state index in [2.05, 4.69) is 16.0 Å². The number of nitrogens with two attached hydrogens (primary N) is 1. The van der Waals surface area contributed by atoms with Crippen LogP contribution in [0.25, 0.3) is 11.0 Å². The second-order valence-electron chi connectivity index (χ2n) is 5.12. The lowest BCUT2D eigenvalue weighted by atomic mass is 10.1. The van der Waals surface area contributed by atoms with Crippen LogP contribution in [0, 0.1) is 11.3 Å². The van der Waals surface area contributed by atoms with Crippen molar-refractivity contribution in [2.45, 2.75) is 12.5 Å². The molecule has 3 rings (SSSR count). The number of hydrogen-bond donors (Lipinski definition) is 2. The largest absolute Gasteiger partial charge is 0.497 e. The number of benzene rings is 2. The van der Waals surface area contributed by atoms with Crippen LogP contribution in [-0.2, 0) is 6.42 Å². The molecule has 5 heteroatoms. The molecule has 0 saturated carbocycles. The molecule has 3 aromatic rings. The molecule has 0 radical (unpaired) electrons. The molecule has 0 saturated heterocycles. The van der Waals surface area contributed by atoms with Crippen molar-refractivity contribution >= 4 is 11.0 Å². The van der Waals surface area contributed by atoms with E-state index in [9.17, 15) is 0 Å². The summed E-state index contributed by atoms with van der Waals surface area (Å²) in [5, 5.41) is 8.93. The summed E-state index contributed by atoms with van der Waals surface area (Å²) < 4.78 is 5.14. The van der Waals surface area contributed by atoms with Crippen molar-refractivity contribution in [3.8, 4) is 11.8 Å². The highest BCUT2D eigenvalue weighted by molar-refractivity contribution is 5.76. The Morgan fingerprint density at radius 3 is 2.73 bits per heavy atom. The van der Waals surface area contributed by atoms with Gasteiger partial charge in [0, 0.05) is 0 Å². The van der Waals surface area contributed by atoms with Crippen LogP contribution in [0.15, 0.2) is 42.5 Å². The molecule has 1 heterocycles. The molecule has 0 aliphatic carbocycles. The van der Waals surface area contributed by atoms with Gasteiger partial charge in [0.25, 0.3) is 0 Å². The predicted octanol–water partition coefficient (Wildman–Crippen LogP) is 2.69. The Labute approximate surface area is 128 Å². The first-order valence-corrected chi connectivity index (χ1v) is 6.98. The molecule has 0 fully saturated rings. The van der Waals surface area contributed by atoms with Crippen molar-refractivity contribution in [2.75, 3.05) is 7.11 Å². The zero-order valence-corrected chi connectivity index (χ0v) is 12.2. The fourth-order valence-corrected chi connectivity index (χ4v) is 2.39. The van der Waals surface area contributed by atoms with Crippen molar-refractivity contribution in [2.24, 2.45) is 5.73 Å². The number of nitriles is 1. The van der Waals surface area contributed by atoms with Gasteiger partial charge in [-0.05, 0) is 42.3 Å². The van der Waals surface area contributed by atoms with E-state index < -0.39 is 0 Å². The highest BCUT2D eigenvalue weighted by atomic mass is 16.5. The molecular weight excluding hydrogens is 276 g/mol. The average Bonchev–Trinajstić information content (AvgIpc) is 2.98. The van der Waals surface area contributed by atoms with Gasteiger partial charge in [-0.25, -0.2) is 4.98 Å². The summed E-state index contributed by atoms with van der Waals surface area (Å²) in [4.78, 5) is 7.70. The van der Waals surface area contributed by atoms with E-state index >= 15 is 0 Å². The number of nitrogens with one attached hydrogen (secondary N) is 1. The molecular formula is C17H16N4O. The van der Waals surface area contributed by atoms with E-state index in [4.69, 9.17) is 15.7 Å². The molecule has 1 aromatic heterocycles. The van der Waals surface area contributed by atoms with Crippen molar-refractivity contribution in [1.82, 2.24) is 9.97 Å². The topological polar surface area (TPSA) is 87.7 Å². The van der Waals surface area contributed by atoms with Crippen LogP contribution in [0.2, 0.25) is 0 Å². The van der Waals surface area contributed by atoms with Gasteiger partial charge in [0.05, 0.1) is 35.8 Å². The Morgan fingerprint density at radius 2 is 2.05 bits per heavy atom. The van der Waals surface area contributed by atoms with Gasteiger partial charge >= 0.3 is 0 Å². The summed E-state index contributed by atoms with van der Waals surface area (Å²) in [5.74, 6) is 1.55. The van der Waals surface area contributed by atoms with E-state index in [-0.39, 0.29) is 6.04 Å². The SMILES string of the molecule is COc1ccc(C[C@@H](N)c2nc3ccc(C#N)cc3[nH]2)cc1. The second-order valence-corrected chi connectivity index (χ2v) is 5.12. The molecule has 0 bridgehead atoms. The number of aromatic amines is 1. The fraction of sp³-hybridized carbons (Fsp3) is 0.176. The van der Waals surface area contributed by atoms with Gasteiger partial charge in [0.1, 0.15) is 11.6 Å². The van der Waals surface area contributed by atoms with Crippen molar-refractivity contribution in [3.63, 3.8) is 0 Å². The van der Waals surface area contributed by atoms with Crippen molar-refractivity contribution in [3.05, 3.63) is 59.4 Å². The zero-order chi connectivity index (χ0) is 15.5. The van der Waals surface area contributed by atoms with E-state index in [1.165, 1.54) is 0 Å². The Hall–Kier alpha value is -2.84. The number of fused-ring (bicyclic) bond motifs is 1. The first-order valence-electron chi connectivity index (χ1n) is 6.98. The predicted molar refractivity (Wildman–Crippen MR) is 84.4 cm³/mol. The number of aromatic nitrogens is 2. The number of rotatable bonds is 4. The summed E-state index contributed by atoms with van der Waals surface area (Å²) >= 11 is 0. The molecule has 22 heavy (non-hydrogen) atoms.